The molecule has 0 radical (unpaired) electrons. The second kappa shape index (κ2) is 5.61. The van der Waals surface area contributed by atoms with Crippen LogP contribution in [0.1, 0.15) is 20.9 Å². The molecule has 0 aromatic carbocycles. The molecular weight excluding hydrogens is 250 g/mol. The van der Waals surface area contributed by atoms with E-state index in [4.69, 9.17) is 10.6 Å². The van der Waals surface area contributed by atoms with Crippen LogP contribution in [0.5, 0.6) is 5.75 Å². The second-order valence-electron chi connectivity index (χ2n) is 3.67. The number of amides is 1. The summed E-state index contributed by atoms with van der Waals surface area (Å²) >= 11 is 1.33. The molecule has 0 aliphatic carbocycles. The summed E-state index contributed by atoms with van der Waals surface area (Å²) in [6.45, 7) is 2.23. The minimum atomic E-state index is -0.300. The van der Waals surface area contributed by atoms with E-state index in [1.54, 1.807) is 6.20 Å². The molecule has 0 saturated carbocycles. The van der Waals surface area contributed by atoms with Gasteiger partial charge in [-0.1, -0.05) is 0 Å². The molecule has 0 aliphatic rings. The highest BCUT2D eigenvalue weighted by atomic mass is 32.1. The first-order valence-electron chi connectivity index (χ1n) is 5.33. The van der Waals surface area contributed by atoms with Gasteiger partial charge in [-0.15, -0.1) is 11.3 Å². The van der Waals surface area contributed by atoms with Crippen LogP contribution in [0.3, 0.4) is 0 Å². The van der Waals surface area contributed by atoms with Crippen molar-refractivity contribution in [2.45, 2.75) is 13.5 Å². The first kappa shape index (κ1) is 12.5. The molecule has 0 aliphatic heterocycles. The molecule has 2 aromatic rings. The Balaban J connectivity index is 2.04. The molecule has 18 heavy (non-hydrogen) atoms. The number of nitrogens with one attached hydrogen (secondary N) is 1. The van der Waals surface area contributed by atoms with Crippen molar-refractivity contribution in [3.05, 3.63) is 45.9 Å². The number of hydrogen-bond acceptors (Lipinski definition) is 5. The minimum Gasteiger partial charge on any atom is -0.487 e. The maximum Gasteiger partial charge on any atom is 0.275 e. The van der Waals surface area contributed by atoms with Crippen molar-refractivity contribution >= 4 is 17.2 Å². The minimum absolute atomic E-state index is 0.300. The van der Waals surface area contributed by atoms with Gasteiger partial charge in [0.1, 0.15) is 12.4 Å². The SMILES string of the molecule is Cc1ccc(OCc2ccsc2C(=O)NN)cn1. The Morgan fingerprint density at radius 1 is 1.50 bits per heavy atom. The van der Waals surface area contributed by atoms with E-state index in [2.05, 4.69) is 10.4 Å². The lowest BCUT2D eigenvalue weighted by Crippen LogP contribution is -2.30. The third kappa shape index (κ3) is 2.85. The van der Waals surface area contributed by atoms with E-state index in [0.29, 0.717) is 17.2 Å². The van der Waals surface area contributed by atoms with Crippen molar-refractivity contribution in [3.8, 4) is 5.75 Å². The highest BCUT2D eigenvalue weighted by molar-refractivity contribution is 7.12. The molecule has 0 unspecified atom stereocenters. The van der Waals surface area contributed by atoms with Crippen molar-refractivity contribution in [1.29, 1.82) is 0 Å². The molecule has 6 heteroatoms. The van der Waals surface area contributed by atoms with E-state index in [1.807, 2.05) is 30.5 Å². The third-order valence-corrected chi connectivity index (χ3v) is 3.32. The molecular formula is C12H13N3O2S. The summed E-state index contributed by atoms with van der Waals surface area (Å²) < 4.78 is 5.56. The van der Waals surface area contributed by atoms with E-state index >= 15 is 0 Å². The summed E-state index contributed by atoms with van der Waals surface area (Å²) in [5.74, 6) is 5.48. The number of hydrogen-bond donors (Lipinski definition) is 2. The summed E-state index contributed by atoms with van der Waals surface area (Å²) in [6, 6.07) is 5.56. The van der Waals surface area contributed by atoms with Gasteiger partial charge in [0.05, 0.1) is 11.1 Å². The molecule has 0 spiro atoms. The van der Waals surface area contributed by atoms with Crippen LogP contribution in [0.25, 0.3) is 0 Å². The molecule has 2 aromatic heterocycles. The Bertz CT molecular complexity index is 537. The molecule has 0 saturated heterocycles. The van der Waals surface area contributed by atoms with Gasteiger partial charge in [-0.05, 0) is 30.5 Å². The summed E-state index contributed by atoms with van der Waals surface area (Å²) in [4.78, 5) is 16.2. The lowest BCUT2D eigenvalue weighted by molar-refractivity contribution is 0.0955. The first-order valence-corrected chi connectivity index (χ1v) is 6.21. The smallest absolute Gasteiger partial charge is 0.275 e. The lowest BCUT2D eigenvalue weighted by atomic mass is 10.2. The van der Waals surface area contributed by atoms with Gasteiger partial charge in [-0.3, -0.25) is 15.2 Å². The zero-order chi connectivity index (χ0) is 13.0. The average Bonchev–Trinajstić information content (AvgIpc) is 2.85. The lowest BCUT2D eigenvalue weighted by Gasteiger charge is -2.06. The van der Waals surface area contributed by atoms with Crippen molar-refractivity contribution in [2.75, 3.05) is 0 Å². The molecule has 2 heterocycles. The maximum absolute atomic E-state index is 11.5. The number of carbonyl (C=O) groups is 1. The van der Waals surface area contributed by atoms with Crippen LogP contribution < -0.4 is 16.0 Å². The number of nitrogen functional groups attached to an aromatic ring is 1. The number of aryl methyl sites for hydroxylation is 1. The van der Waals surface area contributed by atoms with Crippen LogP contribution in [0.2, 0.25) is 0 Å². The molecule has 0 atom stereocenters. The molecule has 2 rings (SSSR count). The summed E-state index contributed by atoms with van der Waals surface area (Å²) in [6.07, 6.45) is 1.66. The first-order chi connectivity index (χ1) is 8.70. The number of hydrazine groups is 1. The second-order valence-corrected chi connectivity index (χ2v) is 4.59. The zero-order valence-corrected chi connectivity index (χ0v) is 10.7. The summed E-state index contributed by atoms with van der Waals surface area (Å²) in [5.41, 5.74) is 3.86. The van der Waals surface area contributed by atoms with Gasteiger partial charge in [-0.25, -0.2) is 5.84 Å². The largest absolute Gasteiger partial charge is 0.487 e. The van der Waals surface area contributed by atoms with E-state index in [1.165, 1.54) is 11.3 Å². The van der Waals surface area contributed by atoms with Crippen LogP contribution >= 0.6 is 11.3 Å². The molecule has 0 fully saturated rings. The summed E-state index contributed by atoms with van der Waals surface area (Å²) in [5, 5.41) is 1.83. The average molecular weight is 263 g/mol. The highest BCUT2D eigenvalue weighted by Gasteiger charge is 2.12. The molecule has 3 N–H and O–H groups in total. The fraction of sp³-hybridized carbons (Fsp3) is 0.167. The Morgan fingerprint density at radius 2 is 2.33 bits per heavy atom. The Kier molecular flexibility index (Phi) is 3.91. The summed E-state index contributed by atoms with van der Waals surface area (Å²) in [7, 11) is 0. The van der Waals surface area contributed by atoms with Gasteiger partial charge < -0.3 is 4.74 Å². The number of aromatic nitrogens is 1. The van der Waals surface area contributed by atoms with Crippen LogP contribution in [-0.4, -0.2) is 10.9 Å². The number of thiophene rings is 1. The van der Waals surface area contributed by atoms with E-state index in [0.717, 1.165) is 11.3 Å². The van der Waals surface area contributed by atoms with Crippen LogP contribution in [0, 0.1) is 6.92 Å². The van der Waals surface area contributed by atoms with E-state index in [9.17, 15) is 4.79 Å². The fourth-order valence-electron chi connectivity index (χ4n) is 1.41. The molecule has 94 valence electrons. The number of pyridine rings is 1. The topological polar surface area (TPSA) is 77.2 Å². The monoisotopic (exact) mass is 263 g/mol. The normalized spacial score (nSPS) is 10.1. The molecule has 1 amide bonds. The van der Waals surface area contributed by atoms with Crippen LogP contribution in [0.4, 0.5) is 0 Å². The van der Waals surface area contributed by atoms with Crippen molar-refractivity contribution in [2.24, 2.45) is 5.84 Å². The quantitative estimate of drug-likeness (QED) is 0.499. The highest BCUT2D eigenvalue weighted by Crippen LogP contribution is 2.19. The fourth-order valence-corrected chi connectivity index (χ4v) is 2.23. The van der Waals surface area contributed by atoms with Crippen LogP contribution in [0.15, 0.2) is 29.8 Å². The molecule has 5 nitrogen and oxygen atoms in total. The Hall–Kier alpha value is -1.92. The Morgan fingerprint density at radius 3 is 3.00 bits per heavy atom. The van der Waals surface area contributed by atoms with Gasteiger partial charge in [-0.2, -0.15) is 0 Å². The zero-order valence-electron chi connectivity index (χ0n) is 9.84. The van der Waals surface area contributed by atoms with Gasteiger partial charge in [0.15, 0.2) is 0 Å². The van der Waals surface area contributed by atoms with Gasteiger partial charge in [0.2, 0.25) is 0 Å². The number of ether oxygens (including phenoxy) is 1. The van der Waals surface area contributed by atoms with Gasteiger partial charge >= 0.3 is 0 Å². The van der Waals surface area contributed by atoms with Crippen LogP contribution in [-0.2, 0) is 6.61 Å². The number of rotatable bonds is 4. The van der Waals surface area contributed by atoms with E-state index < -0.39 is 0 Å². The maximum atomic E-state index is 11.5. The Labute approximate surface area is 109 Å². The predicted octanol–water partition coefficient (Wildman–Crippen LogP) is 1.63. The van der Waals surface area contributed by atoms with E-state index in [-0.39, 0.29) is 5.91 Å². The van der Waals surface area contributed by atoms with Gasteiger partial charge in [0.25, 0.3) is 5.91 Å². The predicted molar refractivity (Wildman–Crippen MR) is 69.3 cm³/mol. The molecule has 0 bridgehead atoms. The number of carbonyl (C=O) groups excluding carboxylic acids is 1. The van der Waals surface area contributed by atoms with Crippen molar-refractivity contribution in [3.63, 3.8) is 0 Å². The van der Waals surface area contributed by atoms with Crippen molar-refractivity contribution in [1.82, 2.24) is 10.4 Å². The third-order valence-electron chi connectivity index (χ3n) is 2.36. The van der Waals surface area contributed by atoms with Gasteiger partial charge in [0, 0.05) is 11.3 Å². The van der Waals surface area contributed by atoms with Crippen molar-refractivity contribution < 1.29 is 9.53 Å². The number of nitrogens with zero attached hydrogens (tertiary/aromatic N) is 1. The standard InChI is InChI=1S/C12H13N3O2S/c1-8-2-3-10(6-14-8)17-7-9-4-5-18-11(9)12(16)15-13/h2-6H,7,13H2,1H3,(H,15,16). The number of nitrogens with two attached hydrogens (primary N) is 1.